The SMILES string of the molecule is CC(C)(C)OC(=O)N1C2CC(C2)C(=O)C1Cc1cc(F)cc(Br)c1F. The van der Waals surface area contributed by atoms with Crippen LogP contribution in [0, 0.1) is 17.6 Å². The van der Waals surface area contributed by atoms with Crippen molar-refractivity contribution >= 4 is 27.8 Å². The van der Waals surface area contributed by atoms with Gasteiger partial charge in [0.1, 0.15) is 17.2 Å². The number of piperidine rings is 2. The third kappa shape index (κ3) is 3.57. The number of fused-ring (bicyclic) bond motifs is 2. The van der Waals surface area contributed by atoms with Gasteiger partial charge in [0.05, 0.1) is 10.5 Å². The highest BCUT2D eigenvalue weighted by Gasteiger charge is 2.53. The molecule has 1 aliphatic carbocycles. The maximum Gasteiger partial charge on any atom is 0.411 e. The molecule has 3 fully saturated rings. The largest absolute Gasteiger partial charge is 0.444 e. The predicted octanol–water partition coefficient (Wildman–Crippen LogP) is 4.24. The summed E-state index contributed by atoms with van der Waals surface area (Å²) in [6.45, 7) is 5.25. The first-order valence-electron chi connectivity index (χ1n) is 8.25. The molecule has 136 valence electrons. The van der Waals surface area contributed by atoms with Gasteiger partial charge in [-0.05, 0) is 67.2 Å². The molecule has 1 unspecified atom stereocenters. The van der Waals surface area contributed by atoms with Crippen LogP contribution in [0.1, 0.15) is 39.2 Å². The first-order chi connectivity index (χ1) is 11.6. The topological polar surface area (TPSA) is 46.6 Å². The predicted molar refractivity (Wildman–Crippen MR) is 91.1 cm³/mol. The number of benzene rings is 1. The van der Waals surface area contributed by atoms with E-state index < -0.39 is 29.4 Å². The summed E-state index contributed by atoms with van der Waals surface area (Å²) in [5.74, 6) is -1.42. The van der Waals surface area contributed by atoms with E-state index in [4.69, 9.17) is 4.74 Å². The minimum Gasteiger partial charge on any atom is -0.444 e. The van der Waals surface area contributed by atoms with Crippen molar-refractivity contribution in [1.29, 1.82) is 0 Å². The number of nitrogens with zero attached hydrogens (tertiary/aromatic N) is 1. The van der Waals surface area contributed by atoms with Gasteiger partial charge in [0.2, 0.25) is 0 Å². The van der Waals surface area contributed by atoms with E-state index in [1.807, 2.05) is 0 Å². The van der Waals surface area contributed by atoms with Crippen LogP contribution in [0.4, 0.5) is 13.6 Å². The Hall–Kier alpha value is -1.50. The van der Waals surface area contributed by atoms with Crippen LogP contribution < -0.4 is 0 Å². The zero-order chi connectivity index (χ0) is 18.5. The molecule has 4 rings (SSSR count). The Bertz CT molecular complexity index is 726. The third-order valence-corrected chi connectivity index (χ3v) is 5.24. The summed E-state index contributed by atoms with van der Waals surface area (Å²) >= 11 is 2.98. The molecule has 2 saturated heterocycles. The minimum atomic E-state index is -0.824. The fourth-order valence-electron chi connectivity index (χ4n) is 3.47. The van der Waals surface area contributed by atoms with Crippen LogP contribution in [-0.2, 0) is 16.0 Å². The summed E-state index contributed by atoms with van der Waals surface area (Å²) in [4.78, 5) is 26.7. The summed E-state index contributed by atoms with van der Waals surface area (Å²) in [6, 6.07) is 1.20. The second-order valence-corrected chi connectivity index (χ2v) is 8.55. The van der Waals surface area contributed by atoms with Crippen LogP contribution >= 0.6 is 15.9 Å². The van der Waals surface area contributed by atoms with E-state index in [2.05, 4.69) is 15.9 Å². The zero-order valence-electron chi connectivity index (χ0n) is 14.3. The van der Waals surface area contributed by atoms with Crippen molar-refractivity contribution in [2.45, 2.75) is 57.7 Å². The van der Waals surface area contributed by atoms with E-state index >= 15 is 0 Å². The van der Waals surface area contributed by atoms with Crippen LogP contribution in [0.25, 0.3) is 0 Å². The van der Waals surface area contributed by atoms with Gasteiger partial charge in [-0.3, -0.25) is 9.69 Å². The maximum absolute atomic E-state index is 14.3. The van der Waals surface area contributed by atoms with Crippen LogP contribution in [0.5, 0.6) is 0 Å². The highest BCUT2D eigenvalue weighted by atomic mass is 79.9. The average molecular weight is 416 g/mol. The Morgan fingerprint density at radius 2 is 1.96 bits per heavy atom. The fourth-order valence-corrected chi connectivity index (χ4v) is 3.94. The smallest absolute Gasteiger partial charge is 0.411 e. The normalized spacial score (nSPS) is 25.6. The van der Waals surface area contributed by atoms with Crippen molar-refractivity contribution in [2.24, 2.45) is 5.92 Å². The monoisotopic (exact) mass is 415 g/mol. The number of Topliss-reactive ketones (excluding diaryl/α,β-unsaturated/α-hetero) is 1. The molecule has 1 aromatic rings. The van der Waals surface area contributed by atoms with Crippen LogP contribution in [0.15, 0.2) is 16.6 Å². The molecular weight excluding hydrogens is 396 g/mol. The van der Waals surface area contributed by atoms with Gasteiger partial charge in [0.15, 0.2) is 5.78 Å². The lowest BCUT2D eigenvalue weighted by atomic mass is 9.69. The first-order valence-corrected chi connectivity index (χ1v) is 9.04. The number of hydrogen-bond acceptors (Lipinski definition) is 3. The van der Waals surface area contributed by atoms with Crippen molar-refractivity contribution in [3.8, 4) is 0 Å². The average Bonchev–Trinajstić information content (AvgIpc) is 2.42. The van der Waals surface area contributed by atoms with Crippen molar-refractivity contribution < 1.29 is 23.1 Å². The molecular formula is C18H20BrF2NO3. The quantitative estimate of drug-likeness (QED) is 0.678. The molecule has 2 heterocycles. The van der Waals surface area contributed by atoms with Gasteiger partial charge in [-0.15, -0.1) is 0 Å². The molecule has 7 heteroatoms. The molecule has 4 nitrogen and oxygen atoms in total. The molecule has 1 amide bonds. The molecule has 2 aliphatic heterocycles. The third-order valence-electron chi connectivity index (χ3n) is 4.66. The number of hydrogen-bond donors (Lipinski definition) is 0. The van der Waals surface area contributed by atoms with Gasteiger partial charge in [0.25, 0.3) is 0 Å². The molecule has 3 aliphatic rings. The van der Waals surface area contributed by atoms with Crippen molar-refractivity contribution in [3.63, 3.8) is 0 Å². The van der Waals surface area contributed by atoms with Crippen LogP contribution in [-0.4, -0.2) is 34.5 Å². The molecule has 25 heavy (non-hydrogen) atoms. The van der Waals surface area contributed by atoms with Crippen LogP contribution in [0.2, 0.25) is 0 Å². The number of carbonyl (C=O) groups is 2. The Balaban J connectivity index is 1.89. The molecule has 1 atom stereocenters. The van der Waals surface area contributed by atoms with E-state index in [0.717, 1.165) is 12.1 Å². The number of rotatable bonds is 2. The second kappa shape index (κ2) is 6.34. The maximum atomic E-state index is 14.3. The highest BCUT2D eigenvalue weighted by molar-refractivity contribution is 9.10. The summed E-state index contributed by atoms with van der Waals surface area (Å²) in [5, 5.41) is 0. The van der Waals surface area contributed by atoms with E-state index in [9.17, 15) is 18.4 Å². The van der Waals surface area contributed by atoms with Crippen molar-refractivity contribution in [1.82, 2.24) is 4.90 Å². The molecule has 0 aromatic heterocycles. The van der Waals surface area contributed by atoms with Gasteiger partial charge < -0.3 is 4.74 Å². The molecule has 0 spiro atoms. The van der Waals surface area contributed by atoms with Gasteiger partial charge in [0, 0.05) is 18.4 Å². The van der Waals surface area contributed by atoms with Gasteiger partial charge in [-0.2, -0.15) is 0 Å². The lowest BCUT2D eigenvalue weighted by Crippen LogP contribution is -2.65. The first kappa shape index (κ1) is 18.3. The van der Waals surface area contributed by atoms with Gasteiger partial charge in [-0.1, -0.05) is 0 Å². The fraction of sp³-hybridized carbons (Fsp3) is 0.556. The molecule has 2 bridgehead atoms. The minimum absolute atomic E-state index is 0.000245. The zero-order valence-corrected chi connectivity index (χ0v) is 15.9. The van der Waals surface area contributed by atoms with Gasteiger partial charge >= 0.3 is 6.09 Å². The molecule has 1 saturated carbocycles. The lowest BCUT2D eigenvalue weighted by Gasteiger charge is -2.52. The van der Waals surface area contributed by atoms with E-state index in [-0.39, 0.29) is 34.2 Å². The highest BCUT2D eigenvalue weighted by Crippen LogP contribution is 2.42. The van der Waals surface area contributed by atoms with E-state index in [1.165, 1.54) is 4.90 Å². The standard InChI is InChI=1S/C18H20BrF2NO3/c1-18(2,3)25-17(24)22-12-5-10(6-12)16(23)14(22)7-9-4-11(20)8-13(19)15(9)21/h4,8,10,12,14H,5-7H2,1-3H3. The Labute approximate surface area is 153 Å². The number of ketones is 1. The number of carbonyl (C=O) groups excluding carboxylic acids is 2. The number of amides is 1. The lowest BCUT2D eigenvalue weighted by molar-refractivity contribution is -0.144. The van der Waals surface area contributed by atoms with Gasteiger partial charge in [-0.25, -0.2) is 13.6 Å². The molecule has 0 N–H and O–H groups in total. The van der Waals surface area contributed by atoms with Crippen molar-refractivity contribution in [2.75, 3.05) is 0 Å². The summed E-state index contributed by atoms with van der Waals surface area (Å²) < 4.78 is 33.4. The Morgan fingerprint density at radius 3 is 2.56 bits per heavy atom. The summed E-state index contributed by atoms with van der Waals surface area (Å²) in [7, 11) is 0. The second-order valence-electron chi connectivity index (χ2n) is 7.69. The number of ether oxygens (including phenoxy) is 1. The molecule has 0 radical (unpaired) electrons. The van der Waals surface area contributed by atoms with Crippen LogP contribution in [0.3, 0.4) is 0 Å². The number of halogens is 3. The van der Waals surface area contributed by atoms with E-state index in [0.29, 0.717) is 12.8 Å². The Morgan fingerprint density at radius 1 is 1.32 bits per heavy atom. The Kier molecular flexibility index (Phi) is 4.64. The van der Waals surface area contributed by atoms with Crippen molar-refractivity contribution in [3.05, 3.63) is 33.8 Å². The summed E-state index contributed by atoms with van der Waals surface area (Å²) in [5.41, 5.74) is -0.627. The van der Waals surface area contributed by atoms with E-state index in [1.54, 1.807) is 20.8 Å². The molecule has 1 aromatic carbocycles. The summed E-state index contributed by atoms with van der Waals surface area (Å²) in [6.07, 6.45) is 0.589.